The first kappa shape index (κ1) is 24.0. The lowest BCUT2D eigenvalue weighted by Crippen LogP contribution is -2.47. The molecule has 0 unspecified atom stereocenters. The third-order valence-corrected chi connectivity index (χ3v) is 7.06. The summed E-state index contributed by atoms with van der Waals surface area (Å²) in [5.74, 6) is -0.600. The molecule has 3 aromatic carbocycles. The Kier molecular flexibility index (Phi) is 6.51. The maximum atomic E-state index is 13.1. The molecule has 0 aliphatic carbocycles. The standard InChI is InChI=1S/C28H26ClN3O4/c1-18-15-25-26(16-23(18)27(34)22-5-3-4-6-24(22)29)36-28(35)32(25)17-30-11-13-31(14-12-30)21-9-7-20(8-10-21)19(2)33/h3-10,15-16H,11-14,17H2,1-2H3. The van der Waals surface area contributed by atoms with Crippen molar-refractivity contribution >= 4 is 40.0 Å². The Morgan fingerprint density at radius 3 is 2.31 bits per heavy atom. The molecule has 184 valence electrons. The lowest BCUT2D eigenvalue weighted by atomic mass is 9.98. The zero-order chi connectivity index (χ0) is 25.4. The van der Waals surface area contributed by atoms with Crippen LogP contribution >= 0.6 is 11.6 Å². The summed E-state index contributed by atoms with van der Waals surface area (Å²) in [7, 11) is 0. The van der Waals surface area contributed by atoms with Crippen LogP contribution in [-0.4, -0.2) is 47.2 Å². The van der Waals surface area contributed by atoms with Gasteiger partial charge in [-0.2, -0.15) is 0 Å². The van der Waals surface area contributed by atoms with Gasteiger partial charge in [0.05, 0.1) is 17.2 Å². The summed E-state index contributed by atoms with van der Waals surface area (Å²) in [5.41, 5.74) is 4.45. The van der Waals surface area contributed by atoms with Crippen LogP contribution in [-0.2, 0) is 6.67 Å². The van der Waals surface area contributed by atoms with Crippen molar-refractivity contribution < 1.29 is 14.0 Å². The molecule has 36 heavy (non-hydrogen) atoms. The van der Waals surface area contributed by atoms with Crippen molar-refractivity contribution in [2.75, 3.05) is 31.1 Å². The Hall–Kier alpha value is -3.68. The summed E-state index contributed by atoms with van der Waals surface area (Å²) in [5, 5.41) is 0.384. The van der Waals surface area contributed by atoms with Gasteiger partial charge in [0.25, 0.3) is 0 Å². The third kappa shape index (κ3) is 4.59. The van der Waals surface area contributed by atoms with E-state index in [9.17, 15) is 14.4 Å². The zero-order valence-corrected chi connectivity index (χ0v) is 20.9. The van der Waals surface area contributed by atoms with Crippen molar-refractivity contribution in [1.29, 1.82) is 0 Å². The molecule has 1 fully saturated rings. The van der Waals surface area contributed by atoms with Gasteiger partial charge in [0.1, 0.15) is 0 Å². The second kappa shape index (κ2) is 9.76. The van der Waals surface area contributed by atoms with Crippen molar-refractivity contribution in [3.8, 4) is 0 Å². The van der Waals surface area contributed by atoms with E-state index in [4.69, 9.17) is 16.0 Å². The first-order valence-corrected chi connectivity index (χ1v) is 12.2. The van der Waals surface area contributed by atoms with Crippen LogP contribution in [0.15, 0.2) is 69.9 Å². The molecule has 0 saturated carbocycles. The number of carbonyl (C=O) groups is 2. The molecule has 0 spiro atoms. The number of hydrogen-bond donors (Lipinski definition) is 0. The Balaban J connectivity index is 1.32. The second-order valence-corrected chi connectivity index (χ2v) is 9.50. The van der Waals surface area contributed by atoms with Gasteiger partial charge in [0.15, 0.2) is 17.1 Å². The minimum Gasteiger partial charge on any atom is -0.408 e. The van der Waals surface area contributed by atoms with Crippen LogP contribution in [0, 0.1) is 6.92 Å². The number of halogens is 1. The highest BCUT2D eigenvalue weighted by atomic mass is 35.5. The monoisotopic (exact) mass is 503 g/mol. The Bertz CT molecular complexity index is 1510. The number of rotatable bonds is 6. The first-order valence-electron chi connectivity index (χ1n) is 11.8. The normalized spacial score (nSPS) is 14.4. The van der Waals surface area contributed by atoms with Crippen LogP contribution in [0.5, 0.6) is 0 Å². The predicted octanol–water partition coefficient (Wildman–Crippen LogP) is 4.77. The minimum atomic E-state index is -0.450. The van der Waals surface area contributed by atoms with E-state index in [-0.39, 0.29) is 11.6 Å². The number of anilines is 1. The number of aryl methyl sites for hydroxylation is 1. The fourth-order valence-electron chi connectivity index (χ4n) is 4.64. The SMILES string of the molecule is CC(=O)c1ccc(N2CCN(Cn3c(=O)oc4cc(C(=O)c5ccccc5Cl)c(C)cc43)CC2)cc1. The zero-order valence-electron chi connectivity index (χ0n) is 20.2. The minimum absolute atomic E-state index is 0.0553. The van der Waals surface area contributed by atoms with Gasteiger partial charge in [-0.05, 0) is 67.9 Å². The molecule has 0 N–H and O–H groups in total. The molecule has 0 radical (unpaired) electrons. The molecule has 1 aliphatic heterocycles. The predicted molar refractivity (Wildman–Crippen MR) is 140 cm³/mol. The van der Waals surface area contributed by atoms with E-state index in [0.29, 0.717) is 39.5 Å². The highest BCUT2D eigenvalue weighted by Crippen LogP contribution is 2.25. The van der Waals surface area contributed by atoms with E-state index in [1.165, 1.54) is 0 Å². The third-order valence-electron chi connectivity index (χ3n) is 6.73. The van der Waals surface area contributed by atoms with E-state index >= 15 is 0 Å². The van der Waals surface area contributed by atoms with Crippen molar-refractivity contribution in [1.82, 2.24) is 9.47 Å². The number of carbonyl (C=O) groups excluding carboxylic acids is 2. The Morgan fingerprint density at radius 1 is 0.944 bits per heavy atom. The van der Waals surface area contributed by atoms with Gasteiger partial charge in [0, 0.05) is 48.6 Å². The molecule has 2 heterocycles. The molecule has 8 heteroatoms. The second-order valence-electron chi connectivity index (χ2n) is 9.09. The topological polar surface area (TPSA) is 75.8 Å². The van der Waals surface area contributed by atoms with E-state index in [2.05, 4.69) is 9.80 Å². The fourth-order valence-corrected chi connectivity index (χ4v) is 4.86. The molecule has 1 aromatic heterocycles. The average molecular weight is 504 g/mol. The summed E-state index contributed by atoms with van der Waals surface area (Å²) >= 11 is 6.23. The van der Waals surface area contributed by atoms with E-state index in [1.54, 1.807) is 41.8 Å². The van der Waals surface area contributed by atoms with Crippen LogP contribution in [0.25, 0.3) is 11.1 Å². The number of oxazole rings is 1. The Morgan fingerprint density at radius 2 is 1.64 bits per heavy atom. The van der Waals surface area contributed by atoms with Gasteiger partial charge in [-0.15, -0.1) is 0 Å². The number of fused-ring (bicyclic) bond motifs is 1. The lowest BCUT2D eigenvalue weighted by molar-refractivity contribution is 0.101. The molecule has 1 aliphatic rings. The molecule has 0 bridgehead atoms. The summed E-state index contributed by atoms with van der Waals surface area (Å²) in [6.45, 7) is 6.97. The summed E-state index contributed by atoms with van der Waals surface area (Å²) < 4.78 is 7.15. The molecular formula is C28H26ClN3O4. The van der Waals surface area contributed by atoms with Crippen molar-refractivity contribution in [2.24, 2.45) is 0 Å². The summed E-state index contributed by atoms with van der Waals surface area (Å²) in [6, 6.07) is 18.0. The van der Waals surface area contributed by atoms with Crippen molar-refractivity contribution in [2.45, 2.75) is 20.5 Å². The van der Waals surface area contributed by atoms with Crippen LogP contribution < -0.4 is 10.7 Å². The highest BCUT2D eigenvalue weighted by Gasteiger charge is 2.22. The maximum absolute atomic E-state index is 13.1. The van der Waals surface area contributed by atoms with Gasteiger partial charge >= 0.3 is 5.76 Å². The van der Waals surface area contributed by atoms with Crippen LogP contribution in [0.4, 0.5) is 5.69 Å². The van der Waals surface area contributed by atoms with Crippen molar-refractivity contribution in [3.63, 3.8) is 0 Å². The number of hydrogen-bond acceptors (Lipinski definition) is 6. The molecule has 0 atom stereocenters. The average Bonchev–Trinajstić information content (AvgIpc) is 3.17. The van der Waals surface area contributed by atoms with Gasteiger partial charge < -0.3 is 9.32 Å². The lowest BCUT2D eigenvalue weighted by Gasteiger charge is -2.36. The van der Waals surface area contributed by atoms with Crippen LogP contribution in [0.3, 0.4) is 0 Å². The molecule has 0 amide bonds. The Labute approximate surface area is 213 Å². The number of Topliss-reactive ketones (excluding diaryl/α,β-unsaturated/α-hetero) is 1. The fraction of sp³-hybridized carbons (Fsp3) is 0.250. The smallest absolute Gasteiger partial charge is 0.408 e. The highest BCUT2D eigenvalue weighted by molar-refractivity contribution is 6.35. The van der Waals surface area contributed by atoms with Gasteiger partial charge in [-0.1, -0.05) is 23.7 Å². The number of ketones is 2. The number of benzene rings is 3. The molecule has 7 nitrogen and oxygen atoms in total. The van der Waals surface area contributed by atoms with Crippen molar-refractivity contribution in [3.05, 3.63) is 98.5 Å². The van der Waals surface area contributed by atoms with Gasteiger partial charge in [-0.25, -0.2) is 4.79 Å². The van der Waals surface area contributed by atoms with Gasteiger partial charge in [0.2, 0.25) is 0 Å². The number of nitrogens with zero attached hydrogens (tertiary/aromatic N) is 3. The van der Waals surface area contributed by atoms with Gasteiger partial charge in [-0.3, -0.25) is 19.1 Å². The quantitative estimate of drug-likeness (QED) is 0.353. The van der Waals surface area contributed by atoms with Crippen LogP contribution in [0.1, 0.15) is 38.8 Å². The number of aromatic nitrogens is 1. The maximum Gasteiger partial charge on any atom is 0.421 e. The van der Waals surface area contributed by atoms with E-state index < -0.39 is 5.76 Å². The molecule has 5 rings (SSSR count). The summed E-state index contributed by atoms with van der Waals surface area (Å²) in [4.78, 5) is 41.8. The molecule has 4 aromatic rings. The van der Waals surface area contributed by atoms with E-state index in [1.807, 2.05) is 37.3 Å². The molecular weight excluding hydrogens is 478 g/mol. The van der Waals surface area contributed by atoms with Crippen LogP contribution in [0.2, 0.25) is 5.02 Å². The van der Waals surface area contributed by atoms with E-state index in [0.717, 1.165) is 37.4 Å². The number of piperazine rings is 1. The summed E-state index contributed by atoms with van der Waals surface area (Å²) in [6.07, 6.45) is 0. The largest absolute Gasteiger partial charge is 0.421 e. The molecule has 1 saturated heterocycles. The first-order chi connectivity index (χ1) is 17.3.